The number of benzene rings is 2. The molecule has 10 heteroatoms. The first-order valence-corrected chi connectivity index (χ1v) is 13.9. The van der Waals surface area contributed by atoms with Gasteiger partial charge in [-0.05, 0) is 36.1 Å². The van der Waals surface area contributed by atoms with Crippen LogP contribution in [0.5, 0.6) is 5.75 Å². The molecular weight excluding hydrogens is 480 g/mol. The number of methoxy groups -OCH3 is 1. The van der Waals surface area contributed by atoms with E-state index in [4.69, 9.17) is 23.1 Å². The van der Waals surface area contributed by atoms with E-state index in [9.17, 15) is 13.2 Å². The van der Waals surface area contributed by atoms with Gasteiger partial charge in [0.05, 0.1) is 32.1 Å². The maximum absolute atomic E-state index is 12.9. The predicted octanol–water partition coefficient (Wildman–Crippen LogP) is 3.51. The maximum atomic E-state index is 12.9. The quantitative estimate of drug-likeness (QED) is 0.351. The molecule has 0 bridgehead atoms. The second-order valence-electron chi connectivity index (χ2n) is 7.99. The summed E-state index contributed by atoms with van der Waals surface area (Å²) >= 11 is 1.45. The molecule has 3 rings (SSSR count). The largest absolute Gasteiger partial charge is 0.497 e. The lowest BCUT2D eigenvalue weighted by molar-refractivity contribution is -0.201. The Morgan fingerprint density at radius 1 is 1.06 bits per heavy atom. The van der Waals surface area contributed by atoms with E-state index in [2.05, 4.69) is 0 Å². The molecular formula is C24H30O8S2. The summed E-state index contributed by atoms with van der Waals surface area (Å²) in [6, 6.07) is 16.1. The van der Waals surface area contributed by atoms with Crippen LogP contribution in [-0.2, 0) is 35.1 Å². The summed E-state index contributed by atoms with van der Waals surface area (Å²) < 4.78 is 51.8. The fourth-order valence-corrected chi connectivity index (χ4v) is 4.91. The summed E-state index contributed by atoms with van der Waals surface area (Å²) in [6.07, 6.45) is 0.643. The van der Waals surface area contributed by atoms with Crippen LogP contribution in [0.1, 0.15) is 22.8 Å². The van der Waals surface area contributed by atoms with Gasteiger partial charge in [-0.25, -0.2) is 4.79 Å². The third kappa shape index (κ3) is 7.19. The van der Waals surface area contributed by atoms with Crippen molar-refractivity contribution in [1.29, 1.82) is 0 Å². The van der Waals surface area contributed by atoms with Gasteiger partial charge in [-0.1, -0.05) is 37.3 Å². The Kier molecular flexibility index (Phi) is 9.38. The van der Waals surface area contributed by atoms with Gasteiger partial charge in [0, 0.05) is 5.92 Å². The van der Waals surface area contributed by atoms with E-state index in [-0.39, 0.29) is 24.6 Å². The van der Waals surface area contributed by atoms with Crippen molar-refractivity contribution in [3.63, 3.8) is 0 Å². The predicted molar refractivity (Wildman–Crippen MR) is 129 cm³/mol. The number of thioether (sulfide) groups is 1. The third-order valence-electron chi connectivity index (χ3n) is 5.48. The van der Waals surface area contributed by atoms with Gasteiger partial charge in [0.15, 0.2) is 0 Å². The van der Waals surface area contributed by atoms with Crippen LogP contribution in [0.25, 0.3) is 0 Å². The molecule has 2 aromatic carbocycles. The average molecular weight is 511 g/mol. The van der Waals surface area contributed by atoms with Gasteiger partial charge in [-0.2, -0.15) is 8.42 Å². The topological polar surface area (TPSA) is 97.4 Å². The van der Waals surface area contributed by atoms with Crippen LogP contribution >= 0.6 is 11.8 Å². The summed E-state index contributed by atoms with van der Waals surface area (Å²) in [5.74, 6) is 0.00771. The molecule has 0 saturated carbocycles. The Hall–Kier alpha value is -2.11. The Morgan fingerprint density at radius 2 is 1.74 bits per heavy atom. The standard InChI is InChI=1S/C24H30O8S2/c1-16-21(32-23(25)18-8-6-5-7-9-18)22(29-14-17-10-12-19(28-2)13-11-17)20(31-24(16)33-3)15-30-34(4,26)27/h5-13,16,20-22,24H,14-15H2,1-4H3/t16?,20?,21-,22+,24-/m0/s1. The fraction of sp³-hybridized carbons (Fsp3) is 0.458. The molecule has 0 aliphatic carbocycles. The van der Waals surface area contributed by atoms with Crippen LogP contribution in [0.15, 0.2) is 54.6 Å². The Morgan fingerprint density at radius 3 is 2.32 bits per heavy atom. The second kappa shape index (κ2) is 12.0. The van der Waals surface area contributed by atoms with Crippen LogP contribution in [-0.4, -0.2) is 64.4 Å². The van der Waals surface area contributed by atoms with Gasteiger partial charge in [0.2, 0.25) is 0 Å². The first-order valence-electron chi connectivity index (χ1n) is 10.7. The minimum absolute atomic E-state index is 0.198. The highest BCUT2D eigenvalue weighted by Crippen LogP contribution is 2.36. The number of rotatable bonds is 10. The van der Waals surface area contributed by atoms with E-state index in [1.807, 2.05) is 43.5 Å². The summed E-state index contributed by atoms with van der Waals surface area (Å²) in [5.41, 5.74) is 0.943. The normalized spacial score (nSPS) is 25.0. The van der Waals surface area contributed by atoms with Crippen LogP contribution < -0.4 is 4.74 Å². The van der Waals surface area contributed by atoms with Gasteiger partial charge in [-0.3, -0.25) is 4.18 Å². The molecule has 5 atom stereocenters. The van der Waals surface area contributed by atoms with Crippen molar-refractivity contribution in [1.82, 2.24) is 0 Å². The highest BCUT2D eigenvalue weighted by atomic mass is 32.2. The van der Waals surface area contributed by atoms with Crippen molar-refractivity contribution in [2.75, 3.05) is 26.2 Å². The molecule has 1 aliphatic heterocycles. The van der Waals surface area contributed by atoms with E-state index in [0.29, 0.717) is 5.56 Å². The molecule has 186 valence electrons. The van der Waals surface area contributed by atoms with Gasteiger partial charge < -0.3 is 18.9 Å². The Labute approximate surface area is 205 Å². The zero-order valence-electron chi connectivity index (χ0n) is 19.6. The van der Waals surface area contributed by atoms with Gasteiger partial charge in [0.25, 0.3) is 10.1 Å². The lowest BCUT2D eigenvalue weighted by atomic mass is 9.93. The number of esters is 1. The Bertz CT molecular complexity index is 1030. The third-order valence-corrected chi connectivity index (χ3v) is 7.05. The van der Waals surface area contributed by atoms with Gasteiger partial charge in [-0.15, -0.1) is 11.8 Å². The summed E-state index contributed by atoms with van der Waals surface area (Å²) in [5, 5.41) is 0. The van der Waals surface area contributed by atoms with Crippen molar-refractivity contribution in [2.24, 2.45) is 5.92 Å². The zero-order chi connectivity index (χ0) is 24.7. The molecule has 0 spiro atoms. The van der Waals surface area contributed by atoms with Crippen LogP contribution in [0.2, 0.25) is 0 Å². The molecule has 1 saturated heterocycles. The van der Waals surface area contributed by atoms with Gasteiger partial charge >= 0.3 is 5.97 Å². The number of carbonyl (C=O) groups is 1. The molecule has 0 amide bonds. The monoisotopic (exact) mass is 510 g/mol. The molecule has 8 nitrogen and oxygen atoms in total. The molecule has 0 aromatic heterocycles. The molecule has 1 heterocycles. The molecule has 2 aromatic rings. The van der Waals surface area contributed by atoms with E-state index in [0.717, 1.165) is 17.6 Å². The van der Waals surface area contributed by atoms with Crippen molar-refractivity contribution in [3.8, 4) is 5.75 Å². The van der Waals surface area contributed by atoms with Crippen LogP contribution in [0.3, 0.4) is 0 Å². The molecule has 0 N–H and O–H groups in total. The van der Waals surface area contributed by atoms with E-state index in [1.165, 1.54) is 11.8 Å². The molecule has 1 fully saturated rings. The van der Waals surface area contributed by atoms with E-state index in [1.54, 1.807) is 31.4 Å². The van der Waals surface area contributed by atoms with Crippen molar-refractivity contribution >= 4 is 27.8 Å². The van der Waals surface area contributed by atoms with Crippen molar-refractivity contribution in [2.45, 2.75) is 37.3 Å². The molecule has 2 unspecified atom stereocenters. The minimum atomic E-state index is -3.71. The summed E-state index contributed by atoms with van der Waals surface area (Å²) in [6.45, 7) is 1.86. The first kappa shape index (κ1) is 26.5. The average Bonchev–Trinajstić information content (AvgIpc) is 2.83. The fourth-order valence-electron chi connectivity index (χ4n) is 3.69. The first-order chi connectivity index (χ1) is 16.2. The lowest BCUT2D eigenvalue weighted by Gasteiger charge is -2.44. The van der Waals surface area contributed by atoms with Gasteiger partial charge in [0.1, 0.15) is 29.5 Å². The summed E-state index contributed by atoms with van der Waals surface area (Å²) in [4.78, 5) is 12.9. The van der Waals surface area contributed by atoms with E-state index >= 15 is 0 Å². The number of hydrogen-bond acceptors (Lipinski definition) is 9. The highest BCUT2D eigenvalue weighted by Gasteiger charge is 2.47. The number of carbonyl (C=O) groups excluding carboxylic acids is 1. The SMILES string of the molecule is COc1ccc(CO[C@@H]2C(COS(C)(=O)=O)O[C@@H](SC)C(C)[C@@H]2OC(=O)c2ccccc2)cc1. The van der Waals surface area contributed by atoms with Crippen molar-refractivity contribution in [3.05, 3.63) is 65.7 Å². The number of ether oxygens (including phenoxy) is 4. The maximum Gasteiger partial charge on any atom is 0.338 e. The molecule has 1 aliphatic rings. The molecule has 0 radical (unpaired) electrons. The summed E-state index contributed by atoms with van der Waals surface area (Å²) in [7, 11) is -2.12. The van der Waals surface area contributed by atoms with Crippen molar-refractivity contribution < 1.29 is 36.3 Å². The smallest absolute Gasteiger partial charge is 0.338 e. The highest BCUT2D eigenvalue weighted by molar-refractivity contribution is 7.99. The van der Waals surface area contributed by atoms with Crippen LogP contribution in [0, 0.1) is 5.92 Å². The molecule has 34 heavy (non-hydrogen) atoms. The lowest BCUT2D eigenvalue weighted by Crippen LogP contribution is -2.56. The minimum Gasteiger partial charge on any atom is -0.497 e. The van der Waals surface area contributed by atoms with E-state index < -0.39 is 34.4 Å². The zero-order valence-corrected chi connectivity index (χ0v) is 21.2. The second-order valence-corrected chi connectivity index (χ2v) is 10.6. The Balaban J connectivity index is 1.85. The number of hydrogen-bond donors (Lipinski definition) is 0. The van der Waals surface area contributed by atoms with Crippen LogP contribution in [0.4, 0.5) is 0 Å².